The zero-order valence-corrected chi connectivity index (χ0v) is 18.7. The predicted octanol–water partition coefficient (Wildman–Crippen LogP) is 1.96. The molecule has 0 amide bonds. The van der Waals surface area contributed by atoms with Crippen molar-refractivity contribution in [3.63, 3.8) is 0 Å². The third kappa shape index (κ3) is 6.21. The number of aliphatic imine (C=N–C) groups is 1. The molecule has 0 aliphatic carbocycles. The molecular weight excluding hydrogens is 352 g/mol. The lowest BCUT2D eigenvalue weighted by atomic mass is 10.0. The van der Waals surface area contributed by atoms with Gasteiger partial charge >= 0.3 is 0 Å². The number of aromatic nitrogens is 2. The van der Waals surface area contributed by atoms with Gasteiger partial charge in [0.05, 0.1) is 18.9 Å². The van der Waals surface area contributed by atoms with Gasteiger partial charge in [-0.2, -0.15) is 5.10 Å². The molecule has 1 aromatic rings. The molecule has 0 spiro atoms. The molecule has 0 saturated carbocycles. The first-order chi connectivity index (χ1) is 13.5. The maximum Gasteiger partial charge on any atom is 0.191 e. The van der Waals surface area contributed by atoms with E-state index in [4.69, 9.17) is 4.74 Å². The smallest absolute Gasteiger partial charge is 0.191 e. The van der Waals surface area contributed by atoms with Crippen molar-refractivity contribution in [2.45, 2.75) is 59.5 Å². The Morgan fingerprint density at radius 3 is 2.46 bits per heavy atom. The summed E-state index contributed by atoms with van der Waals surface area (Å²) in [5, 5.41) is 11.7. The van der Waals surface area contributed by atoms with E-state index in [0.29, 0.717) is 12.0 Å². The van der Waals surface area contributed by atoms with Crippen LogP contribution in [0.2, 0.25) is 0 Å². The van der Waals surface area contributed by atoms with Crippen LogP contribution in [-0.2, 0) is 31.2 Å². The van der Waals surface area contributed by atoms with Crippen LogP contribution in [0.4, 0.5) is 0 Å². The second-order valence-electron chi connectivity index (χ2n) is 7.94. The Labute approximate surface area is 170 Å². The molecule has 1 aliphatic rings. The molecule has 7 heteroatoms. The van der Waals surface area contributed by atoms with Crippen molar-refractivity contribution < 1.29 is 4.74 Å². The molecule has 1 atom stereocenters. The molecule has 1 aliphatic heterocycles. The second kappa shape index (κ2) is 11.4. The van der Waals surface area contributed by atoms with E-state index in [1.165, 1.54) is 23.4 Å². The summed E-state index contributed by atoms with van der Waals surface area (Å²) in [6, 6.07) is 0.498. The molecule has 28 heavy (non-hydrogen) atoms. The van der Waals surface area contributed by atoms with Gasteiger partial charge in [-0.05, 0) is 25.2 Å². The topological polar surface area (TPSA) is 66.7 Å². The summed E-state index contributed by atoms with van der Waals surface area (Å²) in [6.07, 6.45) is 3.11. The van der Waals surface area contributed by atoms with Crippen molar-refractivity contribution in [3.05, 3.63) is 17.0 Å². The van der Waals surface area contributed by atoms with Gasteiger partial charge in [0.1, 0.15) is 0 Å². The molecule has 1 unspecified atom stereocenters. The van der Waals surface area contributed by atoms with Crippen LogP contribution >= 0.6 is 0 Å². The van der Waals surface area contributed by atoms with Gasteiger partial charge in [0.25, 0.3) is 0 Å². The number of nitrogens with one attached hydrogen (secondary N) is 2. The maximum atomic E-state index is 5.53. The fourth-order valence-electron chi connectivity index (χ4n) is 4.05. The Morgan fingerprint density at radius 1 is 1.18 bits per heavy atom. The number of rotatable bonds is 9. The van der Waals surface area contributed by atoms with Gasteiger partial charge in [-0.3, -0.25) is 14.6 Å². The first kappa shape index (κ1) is 22.7. The largest absolute Gasteiger partial charge is 0.379 e. The molecule has 1 fully saturated rings. The first-order valence-electron chi connectivity index (χ1n) is 10.8. The third-order valence-electron chi connectivity index (χ3n) is 5.49. The van der Waals surface area contributed by atoms with Gasteiger partial charge in [-0.1, -0.05) is 27.7 Å². The van der Waals surface area contributed by atoms with E-state index < -0.39 is 0 Å². The van der Waals surface area contributed by atoms with Gasteiger partial charge in [-0.15, -0.1) is 0 Å². The average Bonchev–Trinajstić information content (AvgIpc) is 3.01. The fourth-order valence-corrected chi connectivity index (χ4v) is 4.05. The van der Waals surface area contributed by atoms with Gasteiger partial charge in [0, 0.05) is 57.6 Å². The molecule has 2 N–H and O–H groups in total. The van der Waals surface area contributed by atoms with Crippen LogP contribution in [0.25, 0.3) is 0 Å². The fraction of sp³-hybridized carbons (Fsp3) is 0.810. The van der Waals surface area contributed by atoms with E-state index in [-0.39, 0.29) is 0 Å². The van der Waals surface area contributed by atoms with Crippen molar-refractivity contribution in [2.75, 3.05) is 39.9 Å². The Balaban J connectivity index is 1.96. The number of hydrogen-bond donors (Lipinski definition) is 2. The van der Waals surface area contributed by atoms with Crippen LogP contribution in [0.5, 0.6) is 0 Å². The number of hydrogen-bond acceptors (Lipinski definition) is 4. The zero-order valence-electron chi connectivity index (χ0n) is 18.7. The summed E-state index contributed by atoms with van der Waals surface area (Å²) in [5.41, 5.74) is 3.78. The minimum Gasteiger partial charge on any atom is -0.379 e. The van der Waals surface area contributed by atoms with E-state index in [1.807, 2.05) is 18.8 Å². The molecule has 1 saturated heterocycles. The number of aryl methyl sites for hydroxylation is 2. The molecule has 160 valence electrons. The normalized spacial score (nSPS) is 17.2. The lowest BCUT2D eigenvalue weighted by Crippen LogP contribution is -2.51. The minimum absolute atomic E-state index is 0.498. The van der Waals surface area contributed by atoms with Gasteiger partial charge in [0.2, 0.25) is 0 Å². The van der Waals surface area contributed by atoms with E-state index in [9.17, 15) is 0 Å². The number of guanidine groups is 1. The van der Waals surface area contributed by atoms with Crippen molar-refractivity contribution in [1.29, 1.82) is 0 Å². The highest BCUT2D eigenvalue weighted by Gasteiger charge is 2.22. The third-order valence-corrected chi connectivity index (χ3v) is 5.49. The average molecular weight is 393 g/mol. The van der Waals surface area contributed by atoms with Crippen LogP contribution in [0, 0.1) is 5.92 Å². The van der Waals surface area contributed by atoms with Gasteiger partial charge in [0.15, 0.2) is 5.96 Å². The molecule has 2 rings (SSSR count). The lowest BCUT2D eigenvalue weighted by molar-refractivity contribution is 0.0132. The zero-order chi connectivity index (χ0) is 20.5. The standard InChI is InChI=1S/C21H40N6O/c1-7-19-18(20(8-2)26(6)25-19)15-24-21(22-5)23-14-17(13-16(3)4)27-9-11-28-12-10-27/h16-17H,7-15H2,1-6H3,(H2,22,23,24). The molecule has 1 aromatic heterocycles. The maximum absolute atomic E-state index is 5.53. The molecule has 0 radical (unpaired) electrons. The molecule has 2 heterocycles. The summed E-state index contributed by atoms with van der Waals surface area (Å²) in [6.45, 7) is 14.3. The second-order valence-corrected chi connectivity index (χ2v) is 7.94. The van der Waals surface area contributed by atoms with Crippen molar-refractivity contribution >= 4 is 5.96 Å². The SMILES string of the molecule is CCc1nn(C)c(CC)c1CNC(=NC)NCC(CC(C)C)N1CCOCC1. The van der Waals surface area contributed by atoms with Gasteiger partial charge < -0.3 is 15.4 Å². The van der Waals surface area contributed by atoms with Crippen molar-refractivity contribution in [2.24, 2.45) is 18.0 Å². The van der Waals surface area contributed by atoms with E-state index in [1.54, 1.807) is 0 Å². The van der Waals surface area contributed by atoms with Gasteiger partial charge in [-0.25, -0.2) is 0 Å². The van der Waals surface area contributed by atoms with Crippen LogP contribution in [0.15, 0.2) is 4.99 Å². The van der Waals surface area contributed by atoms with Crippen molar-refractivity contribution in [1.82, 2.24) is 25.3 Å². The van der Waals surface area contributed by atoms with E-state index >= 15 is 0 Å². The molecule has 7 nitrogen and oxygen atoms in total. The number of nitrogens with zero attached hydrogens (tertiary/aromatic N) is 4. The highest BCUT2D eigenvalue weighted by atomic mass is 16.5. The highest BCUT2D eigenvalue weighted by molar-refractivity contribution is 5.79. The number of morpholine rings is 1. The minimum atomic E-state index is 0.498. The summed E-state index contributed by atoms with van der Waals surface area (Å²) in [4.78, 5) is 6.99. The Morgan fingerprint density at radius 2 is 1.89 bits per heavy atom. The molecular formula is C21H40N6O. The van der Waals surface area contributed by atoms with Crippen LogP contribution in [-0.4, -0.2) is 66.6 Å². The molecule has 0 aromatic carbocycles. The van der Waals surface area contributed by atoms with Crippen LogP contribution in [0.1, 0.15) is 51.1 Å². The summed E-state index contributed by atoms with van der Waals surface area (Å²) in [7, 11) is 3.87. The Kier molecular flexibility index (Phi) is 9.25. The van der Waals surface area contributed by atoms with E-state index in [2.05, 4.69) is 53.3 Å². The summed E-state index contributed by atoms with van der Waals surface area (Å²) in [5.74, 6) is 1.52. The monoisotopic (exact) mass is 392 g/mol. The Hall–Kier alpha value is -1.60. The van der Waals surface area contributed by atoms with Crippen LogP contribution in [0.3, 0.4) is 0 Å². The van der Waals surface area contributed by atoms with E-state index in [0.717, 1.165) is 58.2 Å². The van der Waals surface area contributed by atoms with Crippen LogP contribution < -0.4 is 10.6 Å². The Bertz CT molecular complexity index is 619. The first-order valence-corrected chi connectivity index (χ1v) is 10.8. The summed E-state index contributed by atoms with van der Waals surface area (Å²) >= 11 is 0. The molecule has 0 bridgehead atoms. The quantitative estimate of drug-likeness (QED) is 0.497. The number of ether oxygens (including phenoxy) is 1. The van der Waals surface area contributed by atoms with Crippen molar-refractivity contribution in [3.8, 4) is 0 Å². The highest BCUT2D eigenvalue weighted by Crippen LogP contribution is 2.15. The summed E-state index contributed by atoms with van der Waals surface area (Å²) < 4.78 is 7.55. The predicted molar refractivity (Wildman–Crippen MR) is 116 cm³/mol. The lowest BCUT2D eigenvalue weighted by Gasteiger charge is -2.35.